The highest BCUT2D eigenvalue weighted by Gasteiger charge is 2.25. The van der Waals surface area contributed by atoms with Gasteiger partial charge in [0, 0.05) is 5.69 Å². The fourth-order valence-corrected chi connectivity index (χ4v) is 2.40. The minimum absolute atomic E-state index is 0.0413. The fourth-order valence-electron chi connectivity index (χ4n) is 2.40. The zero-order valence-electron chi connectivity index (χ0n) is 14.8. The number of hydrogen-bond acceptors (Lipinski definition) is 6. The molecule has 1 aromatic carbocycles. The minimum atomic E-state index is -0.994. The van der Waals surface area contributed by atoms with Gasteiger partial charge in [-0.15, -0.1) is 0 Å². The lowest BCUT2D eigenvalue weighted by Crippen LogP contribution is -2.30. The molecule has 0 saturated carbocycles. The van der Waals surface area contributed by atoms with Crippen molar-refractivity contribution in [2.75, 3.05) is 11.1 Å². The van der Waals surface area contributed by atoms with Crippen molar-refractivity contribution in [3.05, 3.63) is 41.1 Å². The Balaban J connectivity index is 2.08. The number of aryl methyl sites for hydroxylation is 1. The first kappa shape index (κ1) is 18.5. The van der Waals surface area contributed by atoms with Crippen LogP contribution in [0.4, 0.5) is 11.6 Å². The maximum absolute atomic E-state index is 12.4. The highest BCUT2D eigenvalue weighted by Crippen LogP contribution is 2.26. The summed E-state index contributed by atoms with van der Waals surface area (Å²) >= 11 is 0. The van der Waals surface area contributed by atoms with Crippen LogP contribution in [0, 0.1) is 6.92 Å². The zero-order chi connectivity index (χ0) is 18.6. The van der Waals surface area contributed by atoms with Gasteiger partial charge in [0.15, 0.2) is 6.10 Å². The van der Waals surface area contributed by atoms with Gasteiger partial charge in [-0.3, -0.25) is 4.79 Å². The van der Waals surface area contributed by atoms with Gasteiger partial charge in [0.1, 0.15) is 5.56 Å². The van der Waals surface area contributed by atoms with E-state index in [-0.39, 0.29) is 11.4 Å². The predicted molar refractivity (Wildman–Crippen MR) is 94.3 cm³/mol. The number of ether oxygens (including phenoxy) is 1. The van der Waals surface area contributed by atoms with E-state index in [9.17, 15) is 9.59 Å². The van der Waals surface area contributed by atoms with Gasteiger partial charge in [-0.1, -0.05) is 37.2 Å². The Morgan fingerprint density at radius 2 is 2.00 bits per heavy atom. The first-order chi connectivity index (χ1) is 11.8. The molecule has 1 amide bonds. The molecule has 1 heterocycles. The summed E-state index contributed by atoms with van der Waals surface area (Å²) in [6, 6.07) is 7.58. The molecule has 3 N–H and O–H groups in total. The molecule has 0 fully saturated rings. The molecule has 7 heteroatoms. The number of para-hydroxylation sites is 1. The largest absolute Gasteiger partial charge is 0.449 e. The van der Waals surface area contributed by atoms with Gasteiger partial charge in [0.25, 0.3) is 5.91 Å². The monoisotopic (exact) mass is 345 g/mol. The third-order valence-electron chi connectivity index (χ3n) is 4.11. The first-order valence-corrected chi connectivity index (χ1v) is 8.17. The topological polar surface area (TPSA) is 107 Å². The molecule has 0 aliphatic rings. The van der Waals surface area contributed by atoms with Crippen LogP contribution >= 0.6 is 0 Å². The lowest BCUT2D eigenvalue weighted by Gasteiger charge is -2.18. The number of nitrogens with zero attached hydrogens (tertiary/aromatic N) is 1. The molecule has 2 unspecified atom stereocenters. The third kappa shape index (κ3) is 4.17. The fraction of sp³-hybridized carbons (Fsp3) is 0.389. The average Bonchev–Trinajstić information content (AvgIpc) is 2.93. The number of nitrogens with two attached hydrogens (primary N) is 1. The van der Waals surface area contributed by atoms with Crippen LogP contribution in [-0.2, 0) is 9.53 Å². The lowest BCUT2D eigenvalue weighted by atomic mass is 9.97. The highest BCUT2D eigenvalue weighted by atomic mass is 16.5. The molecular formula is C18H23N3O4. The van der Waals surface area contributed by atoms with Crippen molar-refractivity contribution in [1.82, 2.24) is 5.16 Å². The van der Waals surface area contributed by atoms with Crippen molar-refractivity contribution in [2.45, 2.75) is 46.1 Å². The van der Waals surface area contributed by atoms with Crippen molar-refractivity contribution in [2.24, 2.45) is 0 Å². The summed E-state index contributed by atoms with van der Waals surface area (Å²) in [4.78, 5) is 24.5. The molecule has 2 atom stereocenters. The molecule has 25 heavy (non-hydrogen) atoms. The van der Waals surface area contributed by atoms with E-state index in [4.69, 9.17) is 15.0 Å². The maximum Gasteiger partial charge on any atom is 0.346 e. The Hall–Kier alpha value is -2.83. The van der Waals surface area contributed by atoms with E-state index in [1.807, 2.05) is 24.3 Å². The van der Waals surface area contributed by atoms with E-state index in [1.165, 1.54) is 6.92 Å². The summed E-state index contributed by atoms with van der Waals surface area (Å²) in [5.41, 5.74) is 7.67. The smallest absolute Gasteiger partial charge is 0.346 e. The second-order valence-electron chi connectivity index (χ2n) is 5.94. The van der Waals surface area contributed by atoms with Crippen molar-refractivity contribution >= 4 is 23.4 Å². The quantitative estimate of drug-likeness (QED) is 0.778. The van der Waals surface area contributed by atoms with Crippen LogP contribution < -0.4 is 11.1 Å². The van der Waals surface area contributed by atoms with E-state index >= 15 is 0 Å². The Kier molecular flexibility index (Phi) is 5.80. The van der Waals surface area contributed by atoms with Crippen LogP contribution in [0.2, 0.25) is 0 Å². The van der Waals surface area contributed by atoms with Crippen LogP contribution in [0.3, 0.4) is 0 Å². The SMILES string of the molecule is CCC(C)c1ccccc1NC(=O)C(C)OC(=O)c1c(C)noc1N. The third-order valence-corrected chi connectivity index (χ3v) is 4.11. The number of carbonyl (C=O) groups is 2. The summed E-state index contributed by atoms with van der Waals surface area (Å²) in [7, 11) is 0. The number of carbonyl (C=O) groups excluding carboxylic acids is 2. The van der Waals surface area contributed by atoms with Gasteiger partial charge in [-0.05, 0) is 37.8 Å². The van der Waals surface area contributed by atoms with Crippen molar-refractivity contribution in [1.29, 1.82) is 0 Å². The van der Waals surface area contributed by atoms with Gasteiger partial charge < -0.3 is 20.3 Å². The first-order valence-electron chi connectivity index (χ1n) is 8.17. The van der Waals surface area contributed by atoms with Gasteiger partial charge in [0.2, 0.25) is 5.88 Å². The maximum atomic E-state index is 12.4. The van der Waals surface area contributed by atoms with Gasteiger partial charge in [0.05, 0.1) is 5.69 Å². The molecule has 7 nitrogen and oxygen atoms in total. The second kappa shape index (κ2) is 7.83. The van der Waals surface area contributed by atoms with Crippen molar-refractivity contribution in [3.8, 4) is 0 Å². The summed E-state index contributed by atoms with van der Waals surface area (Å²) in [5.74, 6) is -0.989. The molecule has 0 aliphatic carbocycles. The number of nitrogens with one attached hydrogen (secondary N) is 1. The highest BCUT2D eigenvalue weighted by molar-refractivity contribution is 5.99. The molecule has 0 radical (unpaired) electrons. The molecule has 2 aromatic rings. The Morgan fingerprint density at radius 1 is 1.32 bits per heavy atom. The van der Waals surface area contributed by atoms with E-state index in [0.717, 1.165) is 12.0 Å². The number of amides is 1. The standard InChI is InChI=1S/C18H23N3O4/c1-5-10(2)13-8-6-7-9-14(13)20-17(22)12(4)24-18(23)15-11(3)21-25-16(15)19/h6-10,12H,5,19H2,1-4H3,(H,20,22). The van der Waals surface area contributed by atoms with E-state index in [2.05, 4.69) is 24.3 Å². The van der Waals surface area contributed by atoms with Crippen LogP contribution in [-0.4, -0.2) is 23.1 Å². The summed E-state index contributed by atoms with van der Waals surface area (Å²) in [6.07, 6.45) is -0.0464. The number of anilines is 2. The number of benzene rings is 1. The molecule has 0 aliphatic heterocycles. The summed E-state index contributed by atoms with van der Waals surface area (Å²) in [5, 5.41) is 6.42. The number of esters is 1. The van der Waals surface area contributed by atoms with Gasteiger partial charge in [-0.2, -0.15) is 0 Å². The molecule has 0 spiro atoms. The Bertz CT molecular complexity index is 750. The van der Waals surface area contributed by atoms with Crippen LogP contribution in [0.5, 0.6) is 0 Å². The van der Waals surface area contributed by atoms with Crippen molar-refractivity contribution in [3.63, 3.8) is 0 Å². The summed E-state index contributed by atoms with van der Waals surface area (Å²) < 4.78 is 9.92. The number of rotatable bonds is 6. The molecule has 134 valence electrons. The number of aromatic nitrogens is 1. The molecule has 0 saturated heterocycles. The second-order valence-corrected chi connectivity index (χ2v) is 5.94. The Labute approximate surface area is 146 Å². The zero-order valence-corrected chi connectivity index (χ0v) is 14.8. The number of hydrogen-bond donors (Lipinski definition) is 2. The van der Waals surface area contributed by atoms with Crippen LogP contribution in [0.25, 0.3) is 0 Å². The van der Waals surface area contributed by atoms with Gasteiger partial charge >= 0.3 is 5.97 Å². The van der Waals surface area contributed by atoms with Crippen molar-refractivity contribution < 1.29 is 18.8 Å². The number of nitrogen functional groups attached to an aromatic ring is 1. The van der Waals surface area contributed by atoms with Crippen LogP contribution in [0.1, 0.15) is 54.7 Å². The normalized spacial score (nSPS) is 13.1. The van der Waals surface area contributed by atoms with E-state index < -0.39 is 18.0 Å². The van der Waals surface area contributed by atoms with E-state index in [1.54, 1.807) is 6.92 Å². The molecule has 1 aromatic heterocycles. The lowest BCUT2D eigenvalue weighted by molar-refractivity contribution is -0.123. The average molecular weight is 345 g/mol. The summed E-state index contributed by atoms with van der Waals surface area (Å²) in [6.45, 7) is 7.24. The molecule has 0 bridgehead atoms. The molecule has 2 rings (SSSR count). The predicted octanol–water partition coefficient (Wildman–Crippen LogP) is 3.26. The molecular weight excluding hydrogens is 322 g/mol. The van der Waals surface area contributed by atoms with Gasteiger partial charge in [-0.25, -0.2) is 4.79 Å². The minimum Gasteiger partial charge on any atom is -0.449 e. The van der Waals surface area contributed by atoms with Crippen LogP contribution in [0.15, 0.2) is 28.8 Å². The van der Waals surface area contributed by atoms with E-state index in [0.29, 0.717) is 17.3 Å². The Morgan fingerprint density at radius 3 is 2.60 bits per heavy atom.